The van der Waals surface area contributed by atoms with E-state index >= 15 is 0 Å². The first kappa shape index (κ1) is 7.89. The van der Waals surface area contributed by atoms with Crippen LogP contribution in [0.2, 0.25) is 0 Å². The molecule has 1 unspecified atom stereocenters. The molecular weight excluding hydrogens is 163 g/mol. The minimum atomic E-state index is 0.704. The first-order valence-corrected chi connectivity index (χ1v) is 5.35. The molecular formula is C11H13P. The van der Waals surface area contributed by atoms with Crippen molar-refractivity contribution in [2.75, 3.05) is 0 Å². The third kappa shape index (κ3) is 1.28. The summed E-state index contributed by atoms with van der Waals surface area (Å²) in [5, 5.41) is 4.54. The van der Waals surface area contributed by atoms with Crippen LogP contribution in [0, 0.1) is 0 Å². The van der Waals surface area contributed by atoms with E-state index < -0.39 is 0 Å². The van der Waals surface area contributed by atoms with Gasteiger partial charge in [-0.05, 0) is 27.8 Å². The molecule has 0 radical (unpaired) electrons. The molecule has 0 saturated carbocycles. The lowest BCUT2D eigenvalue weighted by atomic mass is 10.1. The minimum Gasteiger partial charge on any atom is -0.128 e. The highest BCUT2D eigenvalue weighted by Crippen LogP contribution is 2.34. The third-order valence-electron chi connectivity index (χ3n) is 2.17. The average molecular weight is 176 g/mol. The standard InChI is InChI=1S/C11H13P/c1-8(2)11-7-9-5-3-4-6-10(9)12-11/h3-8,12H,1-2H3. The minimum absolute atomic E-state index is 0.704. The van der Waals surface area contributed by atoms with E-state index in [4.69, 9.17) is 0 Å². The van der Waals surface area contributed by atoms with Crippen LogP contribution in [0.1, 0.15) is 25.1 Å². The highest BCUT2D eigenvalue weighted by atomic mass is 31.0. The van der Waals surface area contributed by atoms with Gasteiger partial charge in [-0.2, -0.15) is 0 Å². The van der Waals surface area contributed by atoms with E-state index in [2.05, 4.69) is 44.2 Å². The molecule has 1 aromatic carbocycles. The first-order chi connectivity index (χ1) is 5.77. The van der Waals surface area contributed by atoms with Crippen LogP contribution >= 0.6 is 8.19 Å². The lowest BCUT2D eigenvalue weighted by molar-refractivity contribution is 0.891. The van der Waals surface area contributed by atoms with Gasteiger partial charge in [-0.3, -0.25) is 0 Å². The van der Waals surface area contributed by atoms with Crippen LogP contribution < -0.4 is 0 Å². The Balaban J connectivity index is 2.62. The molecule has 1 aromatic heterocycles. The highest BCUT2D eigenvalue weighted by Gasteiger charge is 2.02. The van der Waals surface area contributed by atoms with Crippen molar-refractivity contribution < 1.29 is 0 Å². The van der Waals surface area contributed by atoms with E-state index in [-0.39, 0.29) is 0 Å². The lowest BCUT2D eigenvalue weighted by Crippen LogP contribution is -1.76. The first-order valence-electron chi connectivity index (χ1n) is 4.35. The number of rotatable bonds is 1. The fraction of sp³-hybridized carbons (Fsp3) is 0.273. The van der Waals surface area contributed by atoms with E-state index in [1.165, 1.54) is 10.5 Å². The molecule has 0 aliphatic heterocycles. The molecule has 0 N–H and O–H groups in total. The normalized spacial score (nSPS) is 11.9. The summed E-state index contributed by atoms with van der Waals surface area (Å²) in [5.74, 6) is 0.704. The third-order valence-corrected chi connectivity index (χ3v) is 3.91. The van der Waals surface area contributed by atoms with Gasteiger partial charge in [0.05, 0.1) is 0 Å². The van der Waals surface area contributed by atoms with Gasteiger partial charge in [0.1, 0.15) is 0 Å². The highest BCUT2D eigenvalue weighted by molar-refractivity contribution is 7.38. The van der Waals surface area contributed by atoms with Crippen molar-refractivity contribution >= 4 is 18.7 Å². The van der Waals surface area contributed by atoms with Crippen molar-refractivity contribution in [3.05, 3.63) is 35.6 Å². The molecule has 1 heteroatoms. The van der Waals surface area contributed by atoms with E-state index in [1.807, 2.05) is 0 Å². The summed E-state index contributed by atoms with van der Waals surface area (Å²) in [6.45, 7) is 4.54. The molecule has 2 aromatic rings. The van der Waals surface area contributed by atoms with Gasteiger partial charge in [0.25, 0.3) is 0 Å². The molecule has 0 aliphatic carbocycles. The summed E-state index contributed by atoms with van der Waals surface area (Å²) in [6, 6.07) is 11.0. The zero-order valence-electron chi connectivity index (χ0n) is 7.46. The fourth-order valence-corrected chi connectivity index (χ4v) is 2.71. The Bertz CT molecular complexity index is 352. The van der Waals surface area contributed by atoms with Crippen molar-refractivity contribution in [1.29, 1.82) is 0 Å². The Hall–Kier alpha value is -0.740. The van der Waals surface area contributed by atoms with Crippen LogP contribution in [0.15, 0.2) is 30.3 Å². The van der Waals surface area contributed by atoms with Gasteiger partial charge >= 0.3 is 0 Å². The van der Waals surface area contributed by atoms with Crippen LogP contribution in [-0.2, 0) is 0 Å². The topological polar surface area (TPSA) is 0 Å². The van der Waals surface area contributed by atoms with Gasteiger partial charge in [0.15, 0.2) is 0 Å². The summed E-state index contributed by atoms with van der Waals surface area (Å²) in [5.41, 5.74) is 0. The van der Waals surface area contributed by atoms with Crippen molar-refractivity contribution in [3.63, 3.8) is 0 Å². The van der Waals surface area contributed by atoms with E-state index in [0.29, 0.717) is 5.92 Å². The van der Waals surface area contributed by atoms with Crippen molar-refractivity contribution in [2.24, 2.45) is 0 Å². The molecule has 62 valence electrons. The zero-order chi connectivity index (χ0) is 8.55. The Kier molecular flexibility index (Phi) is 1.94. The fourth-order valence-electron chi connectivity index (χ4n) is 1.41. The average Bonchev–Trinajstić information content (AvgIpc) is 2.46. The summed E-state index contributed by atoms with van der Waals surface area (Å²) in [7, 11) is 0.912. The molecule has 0 bridgehead atoms. The summed E-state index contributed by atoms with van der Waals surface area (Å²) in [4.78, 5) is 0. The maximum absolute atomic E-state index is 2.35. The van der Waals surface area contributed by atoms with E-state index in [0.717, 1.165) is 8.19 Å². The van der Waals surface area contributed by atoms with Crippen LogP contribution in [0.3, 0.4) is 0 Å². The second kappa shape index (κ2) is 2.95. The zero-order valence-corrected chi connectivity index (χ0v) is 8.46. The maximum atomic E-state index is 2.35. The van der Waals surface area contributed by atoms with Crippen molar-refractivity contribution in [2.45, 2.75) is 19.8 Å². The van der Waals surface area contributed by atoms with Gasteiger partial charge in [-0.1, -0.05) is 38.1 Å². The Morgan fingerprint density at radius 1 is 1.17 bits per heavy atom. The number of fused-ring (bicyclic) bond motifs is 1. The summed E-state index contributed by atoms with van der Waals surface area (Å²) >= 11 is 0. The molecule has 2 rings (SSSR count). The van der Waals surface area contributed by atoms with Crippen LogP contribution in [-0.4, -0.2) is 0 Å². The Morgan fingerprint density at radius 2 is 1.92 bits per heavy atom. The monoisotopic (exact) mass is 176 g/mol. The van der Waals surface area contributed by atoms with Crippen molar-refractivity contribution in [1.82, 2.24) is 0 Å². The number of hydrogen-bond donors (Lipinski definition) is 0. The molecule has 0 fully saturated rings. The predicted molar refractivity (Wildman–Crippen MR) is 57.5 cm³/mol. The Labute approximate surface area is 74.7 Å². The second-order valence-electron chi connectivity index (χ2n) is 3.47. The summed E-state index contributed by atoms with van der Waals surface area (Å²) in [6.07, 6.45) is 0. The van der Waals surface area contributed by atoms with Gasteiger partial charge in [0.2, 0.25) is 0 Å². The van der Waals surface area contributed by atoms with Crippen LogP contribution in [0.4, 0.5) is 0 Å². The molecule has 0 nitrogen and oxygen atoms in total. The quantitative estimate of drug-likeness (QED) is 0.616. The molecule has 0 aliphatic rings. The largest absolute Gasteiger partial charge is 0.128 e. The van der Waals surface area contributed by atoms with E-state index in [9.17, 15) is 0 Å². The smallest absolute Gasteiger partial charge is 0.00155 e. The molecule has 0 saturated heterocycles. The predicted octanol–water partition coefficient (Wildman–Crippen LogP) is 3.99. The van der Waals surface area contributed by atoms with Gasteiger partial charge in [-0.15, -0.1) is 8.19 Å². The van der Waals surface area contributed by atoms with Crippen LogP contribution in [0.25, 0.3) is 10.5 Å². The Morgan fingerprint density at radius 3 is 2.58 bits per heavy atom. The van der Waals surface area contributed by atoms with Gasteiger partial charge in [0, 0.05) is 0 Å². The maximum Gasteiger partial charge on any atom is -0.00155 e. The second-order valence-corrected chi connectivity index (χ2v) is 4.83. The molecule has 12 heavy (non-hydrogen) atoms. The lowest BCUT2D eigenvalue weighted by Gasteiger charge is -1.97. The summed E-state index contributed by atoms with van der Waals surface area (Å²) < 4.78 is 0. The number of hydrogen-bond acceptors (Lipinski definition) is 0. The number of benzene rings is 1. The van der Waals surface area contributed by atoms with Gasteiger partial charge < -0.3 is 0 Å². The van der Waals surface area contributed by atoms with E-state index in [1.54, 1.807) is 5.30 Å². The van der Waals surface area contributed by atoms with Crippen molar-refractivity contribution in [3.8, 4) is 0 Å². The molecule has 0 amide bonds. The molecule has 0 spiro atoms. The van der Waals surface area contributed by atoms with Gasteiger partial charge in [-0.25, -0.2) is 0 Å². The van der Waals surface area contributed by atoms with Crippen LogP contribution in [0.5, 0.6) is 0 Å². The molecule has 1 atom stereocenters. The molecule has 1 heterocycles. The SMILES string of the molecule is CC(C)c1cc2ccccc2[pH]1.